The van der Waals surface area contributed by atoms with Crippen LogP contribution in [0.5, 0.6) is 0 Å². The minimum absolute atomic E-state index is 0.136. The predicted molar refractivity (Wildman–Crippen MR) is 160 cm³/mol. The summed E-state index contributed by atoms with van der Waals surface area (Å²) in [7, 11) is 0. The molecular formula is C29H37N5O3S2. The van der Waals surface area contributed by atoms with Crippen molar-refractivity contribution in [2.24, 2.45) is 0 Å². The van der Waals surface area contributed by atoms with Crippen molar-refractivity contribution in [2.75, 3.05) is 29.1 Å². The summed E-state index contributed by atoms with van der Waals surface area (Å²) in [5.74, 6) is 0.302. The molecule has 3 aromatic rings. The van der Waals surface area contributed by atoms with Crippen molar-refractivity contribution in [2.45, 2.75) is 71.2 Å². The molecular weight excluding hydrogens is 530 g/mol. The number of nitrogens with one attached hydrogen (secondary N) is 1. The van der Waals surface area contributed by atoms with E-state index in [9.17, 15) is 9.59 Å². The summed E-state index contributed by atoms with van der Waals surface area (Å²) in [6.45, 7) is 14.2. The van der Waals surface area contributed by atoms with Gasteiger partial charge < -0.3 is 15.0 Å². The number of allylic oxidation sites excluding steroid dienone is 1. The Bertz CT molecular complexity index is 1310. The number of fused-ring (bicyclic) bond motifs is 1. The Morgan fingerprint density at radius 3 is 2.56 bits per heavy atom. The Hall–Kier alpha value is -3.11. The molecule has 0 spiro atoms. The number of carbonyl (C=O) groups is 2. The summed E-state index contributed by atoms with van der Waals surface area (Å²) in [6.07, 6.45) is 5.46. The molecule has 2 heterocycles. The van der Waals surface area contributed by atoms with Crippen molar-refractivity contribution in [1.29, 1.82) is 0 Å². The van der Waals surface area contributed by atoms with Crippen molar-refractivity contribution in [3.63, 3.8) is 0 Å². The third-order valence-electron chi connectivity index (χ3n) is 6.59. The monoisotopic (exact) mass is 567 g/mol. The number of ether oxygens (including phenoxy) is 1. The summed E-state index contributed by atoms with van der Waals surface area (Å²) in [6, 6.07) is 8.29. The van der Waals surface area contributed by atoms with Crippen molar-refractivity contribution in [3.8, 4) is 11.4 Å². The predicted octanol–water partition coefficient (Wildman–Crippen LogP) is 6.21. The summed E-state index contributed by atoms with van der Waals surface area (Å²) in [4.78, 5) is 29.4. The van der Waals surface area contributed by atoms with Gasteiger partial charge in [0.1, 0.15) is 5.00 Å². The van der Waals surface area contributed by atoms with Crippen molar-refractivity contribution >= 4 is 45.7 Å². The Labute approximate surface area is 238 Å². The maximum Gasteiger partial charge on any atom is 0.341 e. The van der Waals surface area contributed by atoms with E-state index >= 15 is 0 Å². The number of nitrogens with zero attached hydrogens (tertiary/aromatic N) is 4. The molecule has 4 rings (SSSR count). The van der Waals surface area contributed by atoms with E-state index in [1.54, 1.807) is 6.08 Å². The van der Waals surface area contributed by atoms with Crippen LogP contribution in [0.2, 0.25) is 0 Å². The van der Waals surface area contributed by atoms with Crippen LogP contribution < -0.4 is 10.2 Å². The first-order chi connectivity index (χ1) is 18.9. The van der Waals surface area contributed by atoms with Gasteiger partial charge in [0.2, 0.25) is 5.91 Å². The van der Waals surface area contributed by atoms with E-state index in [1.165, 1.54) is 28.0 Å². The number of aromatic nitrogens is 3. The van der Waals surface area contributed by atoms with Gasteiger partial charge in [-0.05, 0) is 83.2 Å². The van der Waals surface area contributed by atoms with Gasteiger partial charge in [0.05, 0.1) is 17.4 Å². The van der Waals surface area contributed by atoms with Crippen LogP contribution in [-0.2, 0) is 28.9 Å². The van der Waals surface area contributed by atoms with Crippen LogP contribution in [-0.4, -0.2) is 51.6 Å². The first kappa shape index (κ1) is 28.9. The zero-order valence-electron chi connectivity index (χ0n) is 23.2. The highest BCUT2D eigenvalue weighted by atomic mass is 32.2. The van der Waals surface area contributed by atoms with Crippen LogP contribution in [0.3, 0.4) is 0 Å². The lowest BCUT2D eigenvalue weighted by molar-refractivity contribution is -0.113. The van der Waals surface area contributed by atoms with Gasteiger partial charge in [-0.1, -0.05) is 17.8 Å². The zero-order chi connectivity index (χ0) is 27.9. The summed E-state index contributed by atoms with van der Waals surface area (Å²) in [5.41, 5.74) is 3.67. The molecule has 2 aromatic heterocycles. The Morgan fingerprint density at radius 2 is 1.90 bits per heavy atom. The zero-order valence-corrected chi connectivity index (χ0v) is 24.8. The third kappa shape index (κ3) is 6.73. The average molecular weight is 568 g/mol. The maximum atomic E-state index is 13.0. The quantitative estimate of drug-likeness (QED) is 0.158. The average Bonchev–Trinajstić information content (AvgIpc) is 3.49. The number of anilines is 2. The third-order valence-corrected chi connectivity index (χ3v) is 8.76. The normalized spacial score (nSPS) is 12.7. The first-order valence-corrected chi connectivity index (χ1v) is 15.3. The smallest absolute Gasteiger partial charge is 0.341 e. The molecule has 0 unspecified atom stereocenters. The number of rotatable bonds is 12. The molecule has 1 aromatic carbocycles. The maximum absolute atomic E-state index is 13.0. The molecule has 0 saturated carbocycles. The molecule has 1 aliphatic rings. The number of esters is 1. The van der Waals surface area contributed by atoms with Crippen LogP contribution in [0.15, 0.2) is 42.1 Å². The highest BCUT2D eigenvalue weighted by Crippen LogP contribution is 2.39. The van der Waals surface area contributed by atoms with Crippen molar-refractivity contribution < 1.29 is 14.3 Å². The van der Waals surface area contributed by atoms with Gasteiger partial charge >= 0.3 is 5.97 Å². The number of carbonyl (C=O) groups excluding carboxylic acids is 2. The van der Waals surface area contributed by atoms with Gasteiger partial charge in [-0.25, -0.2) is 4.79 Å². The number of hydrogen-bond donors (Lipinski definition) is 1. The van der Waals surface area contributed by atoms with E-state index < -0.39 is 0 Å². The van der Waals surface area contributed by atoms with Gasteiger partial charge in [-0.15, -0.1) is 28.1 Å². The largest absolute Gasteiger partial charge is 0.459 e. The molecule has 208 valence electrons. The second-order valence-electron chi connectivity index (χ2n) is 9.63. The number of amides is 1. The number of thioether (sulfide) groups is 1. The van der Waals surface area contributed by atoms with Gasteiger partial charge in [0.15, 0.2) is 11.0 Å². The van der Waals surface area contributed by atoms with Gasteiger partial charge in [0, 0.05) is 35.8 Å². The molecule has 0 fully saturated rings. The van der Waals surface area contributed by atoms with Crippen LogP contribution in [0.25, 0.3) is 11.4 Å². The molecule has 0 saturated heterocycles. The Kier molecular flexibility index (Phi) is 9.85. The van der Waals surface area contributed by atoms with Crippen LogP contribution in [0.4, 0.5) is 10.7 Å². The lowest BCUT2D eigenvalue weighted by atomic mass is 9.95. The molecule has 8 nitrogen and oxygen atoms in total. The minimum Gasteiger partial charge on any atom is -0.459 e. The van der Waals surface area contributed by atoms with E-state index in [0.717, 1.165) is 61.4 Å². The highest BCUT2D eigenvalue weighted by Gasteiger charge is 2.28. The summed E-state index contributed by atoms with van der Waals surface area (Å²) < 4.78 is 7.48. The standard InChI is InChI=1S/C29H37N5O3S2/c1-6-17-34-26(20-13-15-21(16-14-20)33(7-2)8-3)31-32-29(34)38-18-24(35)30-27-25(28(36)37-19(4)5)22-11-9-10-12-23(22)39-27/h6,13-16,19H,1,7-12,17-18H2,2-5H3,(H,30,35). The SMILES string of the molecule is C=CCn1c(SCC(=O)Nc2sc3c(c2C(=O)OC(C)C)CCCC3)nnc1-c1ccc(N(CC)CC)cc1. The Morgan fingerprint density at radius 1 is 1.18 bits per heavy atom. The van der Waals surface area contributed by atoms with Gasteiger partial charge in [-0.2, -0.15) is 0 Å². The first-order valence-electron chi connectivity index (χ1n) is 13.5. The topological polar surface area (TPSA) is 89.3 Å². The van der Waals surface area contributed by atoms with Crippen molar-refractivity contribution in [1.82, 2.24) is 14.8 Å². The fraction of sp³-hybridized carbons (Fsp3) is 0.448. The summed E-state index contributed by atoms with van der Waals surface area (Å²) >= 11 is 2.81. The molecule has 10 heteroatoms. The number of hydrogen-bond acceptors (Lipinski definition) is 8. The fourth-order valence-corrected chi connectivity index (χ4v) is 6.79. The minimum atomic E-state index is -0.366. The van der Waals surface area contributed by atoms with E-state index in [2.05, 4.69) is 65.1 Å². The van der Waals surface area contributed by atoms with Gasteiger partial charge in [-0.3, -0.25) is 9.36 Å². The van der Waals surface area contributed by atoms with E-state index in [1.807, 2.05) is 18.4 Å². The number of benzene rings is 1. The number of thiophene rings is 1. The molecule has 0 bridgehead atoms. The Balaban J connectivity index is 1.49. The van der Waals surface area contributed by atoms with E-state index in [4.69, 9.17) is 4.74 Å². The molecule has 1 amide bonds. The van der Waals surface area contributed by atoms with Crippen molar-refractivity contribution in [3.05, 3.63) is 52.9 Å². The molecule has 0 aliphatic heterocycles. The van der Waals surface area contributed by atoms with Gasteiger partial charge in [0.25, 0.3) is 0 Å². The fourth-order valence-electron chi connectivity index (χ4n) is 4.75. The molecule has 39 heavy (non-hydrogen) atoms. The molecule has 0 radical (unpaired) electrons. The van der Waals surface area contributed by atoms with Crippen LogP contribution in [0.1, 0.15) is 61.3 Å². The van der Waals surface area contributed by atoms with E-state index in [-0.39, 0.29) is 23.7 Å². The number of aryl methyl sites for hydroxylation is 1. The summed E-state index contributed by atoms with van der Waals surface area (Å²) in [5, 5.41) is 13.0. The second kappa shape index (κ2) is 13.3. The highest BCUT2D eigenvalue weighted by molar-refractivity contribution is 7.99. The van der Waals surface area contributed by atoms with E-state index in [0.29, 0.717) is 22.3 Å². The van der Waals surface area contributed by atoms with Crippen LogP contribution in [0, 0.1) is 0 Å². The lowest BCUT2D eigenvalue weighted by Gasteiger charge is -2.21. The second-order valence-corrected chi connectivity index (χ2v) is 11.7. The van der Waals surface area contributed by atoms with Crippen LogP contribution >= 0.6 is 23.1 Å². The molecule has 1 N–H and O–H groups in total. The molecule has 1 aliphatic carbocycles. The lowest BCUT2D eigenvalue weighted by Crippen LogP contribution is -2.21. The molecule has 0 atom stereocenters.